The Bertz CT molecular complexity index is 899. The molecule has 1 aliphatic rings. The Morgan fingerprint density at radius 1 is 1.17 bits per heavy atom. The zero-order valence-corrected chi connectivity index (χ0v) is 17.6. The van der Waals surface area contributed by atoms with Crippen molar-refractivity contribution in [2.24, 2.45) is 5.92 Å². The number of furan rings is 1. The summed E-state index contributed by atoms with van der Waals surface area (Å²) in [5, 5.41) is 3.25. The zero-order chi connectivity index (χ0) is 20.1. The summed E-state index contributed by atoms with van der Waals surface area (Å²) >= 11 is 1.70. The molecule has 0 bridgehead atoms. The van der Waals surface area contributed by atoms with Gasteiger partial charge in [-0.05, 0) is 50.6 Å². The number of aromatic nitrogens is 1. The molecule has 0 N–H and O–H groups in total. The molecule has 0 saturated carbocycles. The van der Waals surface area contributed by atoms with Gasteiger partial charge < -0.3 is 9.32 Å². The predicted molar refractivity (Wildman–Crippen MR) is 114 cm³/mol. The fourth-order valence-electron chi connectivity index (χ4n) is 3.91. The molecule has 4 rings (SSSR count). The highest BCUT2D eigenvalue weighted by molar-refractivity contribution is 7.09. The standard InChI is InChI=1S/C23H27N3O2S/c1-18-24-21(17-29-18)15-25-11-9-20(10-12-25)23(27)26(16-22-8-5-13-28-22)14-19-6-3-2-4-7-19/h2-8,13,17,20H,9-12,14-16H2,1H3. The number of carbonyl (C=O) groups excluding carboxylic acids is 1. The van der Waals surface area contributed by atoms with Gasteiger partial charge >= 0.3 is 0 Å². The molecule has 6 heteroatoms. The molecule has 3 aromatic rings. The molecule has 152 valence electrons. The Balaban J connectivity index is 1.38. The maximum Gasteiger partial charge on any atom is 0.226 e. The first-order chi connectivity index (χ1) is 14.2. The van der Waals surface area contributed by atoms with Crippen molar-refractivity contribution in [1.82, 2.24) is 14.8 Å². The summed E-state index contributed by atoms with van der Waals surface area (Å²) in [6, 6.07) is 14.0. The fraction of sp³-hybridized carbons (Fsp3) is 0.391. The van der Waals surface area contributed by atoms with Crippen LogP contribution >= 0.6 is 11.3 Å². The highest BCUT2D eigenvalue weighted by Gasteiger charge is 2.29. The third-order valence-corrected chi connectivity index (χ3v) is 6.27. The molecule has 0 unspecified atom stereocenters. The molecule has 0 spiro atoms. The minimum atomic E-state index is 0.0714. The summed E-state index contributed by atoms with van der Waals surface area (Å²) < 4.78 is 5.52. The van der Waals surface area contributed by atoms with Crippen LogP contribution in [0.1, 0.15) is 34.9 Å². The van der Waals surface area contributed by atoms with Gasteiger partial charge in [0.25, 0.3) is 0 Å². The van der Waals surface area contributed by atoms with Crippen LogP contribution < -0.4 is 0 Å². The summed E-state index contributed by atoms with van der Waals surface area (Å²) in [5.74, 6) is 1.13. The molecule has 1 aliphatic heterocycles. The minimum Gasteiger partial charge on any atom is -0.467 e. The Kier molecular flexibility index (Phi) is 6.42. The second-order valence-corrected chi connectivity index (χ2v) is 8.73. The number of nitrogens with zero attached hydrogens (tertiary/aromatic N) is 3. The lowest BCUT2D eigenvalue weighted by Crippen LogP contribution is -2.42. The molecular formula is C23H27N3O2S. The molecule has 0 atom stereocenters. The van der Waals surface area contributed by atoms with Crippen molar-refractivity contribution < 1.29 is 9.21 Å². The van der Waals surface area contributed by atoms with Crippen LogP contribution in [0.4, 0.5) is 0 Å². The van der Waals surface area contributed by atoms with Gasteiger partial charge in [0.2, 0.25) is 5.91 Å². The van der Waals surface area contributed by atoms with E-state index in [9.17, 15) is 4.79 Å². The van der Waals surface area contributed by atoms with E-state index in [2.05, 4.69) is 27.4 Å². The normalized spacial score (nSPS) is 15.5. The first-order valence-corrected chi connectivity index (χ1v) is 11.0. The van der Waals surface area contributed by atoms with E-state index in [1.165, 1.54) is 0 Å². The Morgan fingerprint density at radius 3 is 2.62 bits per heavy atom. The molecule has 0 aliphatic carbocycles. The van der Waals surface area contributed by atoms with Gasteiger partial charge in [-0.15, -0.1) is 11.3 Å². The molecule has 1 amide bonds. The number of benzene rings is 1. The second kappa shape index (κ2) is 9.37. The molecule has 1 fully saturated rings. The minimum absolute atomic E-state index is 0.0714. The largest absolute Gasteiger partial charge is 0.467 e. The average molecular weight is 410 g/mol. The van der Waals surface area contributed by atoms with Crippen LogP contribution in [0.5, 0.6) is 0 Å². The van der Waals surface area contributed by atoms with Gasteiger partial charge in [0.05, 0.1) is 23.5 Å². The van der Waals surface area contributed by atoms with Crippen LogP contribution in [0.25, 0.3) is 0 Å². The monoisotopic (exact) mass is 409 g/mol. The lowest BCUT2D eigenvalue weighted by molar-refractivity contribution is -0.138. The van der Waals surface area contributed by atoms with E-state index in [1.807, 2.05) is 42.2 Å². The molecular weight excluding hydrogens is 382 g/mol. The predicted octanol–water partition coefficient (Wildman–Crippen LogP) is 4.49. The summed E-state index contributed by atoms with van der Waals surface area (Å²) in [4.78, 5) is 22.3. The Morgan fingerprint density at radius 2 is 1.97 bits per heavy atom. The molecule has 29 heavy (non-hydrogen) atoms. The zero-order valence-electron chi connectivity index (χ0n) is 16.8. The number of thiazole rings is 1. The summed E-state index contributed by atoms with van der Waals surface area (Å²) in [6.07, 6.45) is 3.45. The number of carbonyl (C=O) groups is 1. The number of rotatable bonds is 7. The molecule has 1 aromatic carbocycles. The lowest BCUT2D eigenvalue weighted by Gasteiger charge is -2.34. The van der Waals surface area contributed by atoms with Crippen molar-refractivity contribution in [3.63, 3.8) is 0 Å². The Hall–Kier alpha value is -2.44. The van der Waals surface area contributed by atoms with Crippen molar-refractivity contribution in [2.45, 2.75) is 39.4 Å². The van der Waals surface area contributed by atoms with Crippen LogP contribution in [-0.4, -0.2) is 33.8 Å². The van der Waals surface area contributed by atoms with Gasteiger partial charge in [0.15, 0.2) is 0 Å². The highest BCUT2D eigenvalue weighted by Crippen LogP contribution is 2.24. The topological polar surface area (TPSA) is 49.6 Å². The maximum atomic E-state index is 13.4. The Labute approximate surface area is 176 Å². The van der Waals surface area contributed by atoms with Crippen LogP contribution in [0.2, 0.25) is 0 Å². The van der Waals surface area contributed by atoms with E-state index in [0.29, 0.717) is 13.1 Å². The van der Waals surface area contributed by atoms with Crippen molar-refractivity contribution in [1.29, 1.82) is 0 Å². The SMILES string of the molecule is Cc1nc(CN2CCC(C(=O)N(Cc3ccccc3)Cc3ccco3)CC2)cs1. The van der Waals surface area contributed by atoms with Gasteiger partial charge in [-0.2, -0.15) is 0 Å². The van der Waals surface area contributed by atoms with Crippen molar-refractivity contribution in [3.05, 3.63) is 76.1 Å². The maximum absolute atomic E-state index is 13.4. The van der Waals surface area contributed by atoms with Crippen molar-refractivity contribution in [3.8, 4) is 0 Å². The lowest BCUT2D eigenvalue weighted by atomic mass is 9.94. The van der Waals surface area contributed by atoms with Gasteiger partial charge in [-0.1, -0.05) is 30.3 Å². The van der Waals surface area contributed by atoms with Gasteiger partial charge in [-0.3, -0.25) is 9.69 Å². The molecule has 3 heterocycles. The van der Waals surface area contributed by atoms with Crippen LogP contribution in [0, 0.1) is 12.8 Å². The first kappa shape index (κ1) is 19.9. The van der Waals surface area contributed by atoms with Crippen LogP contribution in [0.3, 0.4) is 0 Å². The van der Waals surface area contributed by atoms with E-state index in [0.717, 1.165) is 54.5 Å². The van der Waals surface area contributed by atoms with Crippen molar-refractivity contribution >= 4 is 17.2 Å². The number of hydrogen-bond donors (Lipinski definition) is 0. The molecule has 2 aromatic heterocycles. The quantitative estimate of drug-likeness (QED) is 0.577. The van der Waals surface area contributed by atoms with E-state index < -0.39 is 0 Å². The van der Waals surface area contributed by atoms with E-state index in [1.54, 1.807) is 17.6 Å². The van der Waals surface area contributed by atoms with E-state index in [4.69, 9.17) is 4.42 Å². The molecule has 5 nitrogen and oxygen atoms in total. The number of hydrogen-bond acceptors (Lipinski definition) is 5. The third kappa shape index (κ3) is 5.34. The average Bonchev–Trinajstić information content (AvgIpc) is 3.40. The number of amides is 1. The third-order valence-electron chi connectivity index (χ3n) is 5.44. The molecule has 0 radical (unpaired) electrons. The first-order valence-electron chi connectivity index (χ1n) is 10.2. The highest BCUT2D eigenvalue weighted by atomic mass is 32.1. The number of aryl methyl sites for hydroxylation is 1. The summed E-state index contributed by atoms with van der Waals surface area (Å²) in [7, 11) is 0. The number of piperidine rings is 1. The fourth-order valence-corrected chi connectivity index (χ4v) is 4.52. The second-order valence-electron chi connectivity index (χ2n) is 7.67. The van der Waals surface area contributed by atoms with Gasteiger partial charge in [-0.25, -0.2) is 4.98 Å². The van der Waals surface area contributed by atoms with Gasteiger partial charge in [0.1, 0.15) is 5.76 Å². The van der Waals surface area contributed by atoms with Crippen LogP contribution in [0.15, 0.2) is 58.5 Å². The van der Waals surface area contributed by atoms with Crippen molar-refractivity contribution in [2.75, 3.05) is 13.1 Å². The van der Waals surface area contributed by atoms with Gasteiger partial charge in [0, 0.05) is 24.4 Å². The smallest absolute Gasteiger partial charge is 0.226 e. The van der Waals surface area contributed by atoms with E-state index >= 15 is 0 Å². The molecule has 1 saturated heterocycles. The summed E-state index contributed by atoms with van der Waals surface area (Å²) in [5.41, 5.74) is 2.28. The summed E-state index contributed by atoms with van der Waals surface area (Å²) in [6.45, 7) is 5.92. The number of likely N-dealkylation sites (tertiary alicyclic amines) is 1. The van der Waals surface area contributed by atoms with E-state index in [-0.39, 0.29) is 11.8 Å². The van der Waals surface area contributed by atoms with Crippen LogP contribution in [-0.2, 0) is 24.4 Å².